The minimum atomic E-state index is 0.277. The summed E-state index contributed by atoms with van der Waals surface area (Å²) in [7, 11) is 0. The molecule has 3 heteroatoms. The van der Waals surface area contributed by atoms with Crippen LogP contribution in [-0.4, -0.2) is 37.0 Å². The van der Waals surface area contributed by atoms with Crippen LogP contribution in [0.25, 0.3) is 0 Å². The zero-order valence-electron chi connectivity index (χ0n) is 13.6. The van der Waals surface area contributed by atoms with Crippen molar-refractivity contribution in [2.75, 3.05) is 19.8 Å². The Morgan fingerprint density at radius 2 is 2.00 bits per heavy atom. The molecule has 2 rings (SSSR count). The quantitative estimate of drug-likeness (QED) is 0.719. The van der Waals surface area contributed by atoms with Gasteiger partial charge in [-0.05, 0) is 44.4 Å². The number of rotatable bonds is 8. The molecule has 0 bridgehead atoms. The fourth-order valence-corrected chi connectivity index (χ4v) is 4.22. The Labute approximate surface area is 124 Å². The minimum absolute atomic E-state index is 0.277. The highest BCUT2D eigenvalue weighted by atomic mass is 16.5. The van der Waals surface area contributed by atoms with Crippen molar-refractivity contribution in [3.05, 3.63) is 0 Å². The van der Waals surface area contributed by atoms with Gasteiger partial charge in [-0.25, -0.2) is 0 Å². The van der Waals surface area contributed by atoms with Gasteiger partial charge in [-0.2, -0.15) is 0 Å². The molecule has 20 heavy (non-hydrogen) atoms. The van der Waals surface area contributed by atoms with Gasteiger partial charge in [-0.15, -0.1) is 0 Å². The van der Waals surface area contributed by atoms with Crippen LogP contribution in [0.4, 0.5) is 0 Å². The van der Waals surface area contributed by atoms with E-state index in [0.29, 0.717) is 24.2 Å². The van der Waals surface area contributed by atoms with E-state index in [9.17, 15) is 0 Å². The van der Waals surface area contributed by atoms with Crippen molar-refractivity contribution in [1.29, 1.82) is 0 Å². The van der Waals surface area contributed by atoms with Crippen LogP contribution < -0.4 is 5.32 Å². The first kappa shape index (κ1) is 16.3. The summed E-state index contributed by atoms with van der Waals surface area (Å²) in [6.45, 7) is 8.93. The van der Waals surface area contributed by atoms with E-state index >= 15 is 0 Å². The van der Waals surface area contributed by atoms with Gasteiger partial charge < -0.3 is 15.2 Å². The molecule has 2 aliphatic carbocycles. The molecule has 0 aromatic rings. The smallest absolute Gasteiger partial charge is 0.0661 e. The lowest BCUT2D eigenvalue weighted by Crippen LogP contribution is -2.63. The highest BCUT2D eigenvalue weighted by Gasteiger charge is 2.56. The number of hydrogen-bond acceptors (Lipinski definition) is 3. The maximum atomic E-state index is 8.99. The van der Waals surface area contributed by atoms with Gasteiger partial charge >= 0.3 is 0 Å². The van der Waals surface area contributed by atoms with E-state index in [-0.39, 0.29) is 5.41 Å². The summed E-state index contributed by atoms with van der Waals surface area (Å²) in [5.74, 6) is 0. The summed E-state index contributed by atoms with van der Waals surface area (Å²) in [5.41, 5.74) is 0.711. The van der Waals surface area contributed by atoms with Crippen LogP contribution in [0.2, 0.25) is 0 Å². The van der Waals surface area contributed by atoms with Crippen molar-refractivity contribution in [2.24, 2.45) is 10.8 Å². The molecule has 0 aromatic heterocycles. The molecule has 3 nitrogen and oxygen atoms in total. The summed E-state index contributed by atoms with van der Waals surface area (Å²) < 4.78 is 5.97. The molecule has 1 spiro atoms. The third-order valence-electron chi connectivity index (χ3n) is 5.53. The molecular formula is C17H33NO2. The van der Waals surface area contributed by atoms with Crippen molar-refractivity contribution in [1.82, 2.24) is 5.32 Å². The van der Waals surface area contributed by atoms with Gasteiger partial charge in [-0.1, -0.05) is 26.7 Å². The Morgan fingerprint density at radius 1 is 1.30 bits per heavy atom. The molecule has 0 heterocycles. The maximum absolute atomic E-state index is 8.99. The average Bonchev–Trinajstić information content (AvgIpc) is 2.92. The van der Waals surface area contributed by atoms with Crippen LogP contribution in [0.15, 0.2) is 0 Å². The number of nitrogens with one attached hydrogen (secondary N) is 1. The Bertz CT molecular complexity index is 297. The Hall–Kier alpha value is -0.120. The zero-order chi connectivity index (χ0) is 14.6. The molecule has 2 saturated carbocycles. The molecule has 118 valence electrons. The highest BCUT2D eigenvalue weighted by Crippen LogP contribution is 2.54. The molecule has 2 unspecified atom stereocenters. The van der Waals surface area contributed by atoms with Crippen LogP contribution in [0.1, 0.15) is 65.7 Å². The number of ether oxygens (including phenoxy) is 1. The normalized spacial score (nSPS) is 28.8. The first-order valence-corrected chi connectivity index (χ1v) is 8.50. The molecule has 0 aromatic carbocycles. The third kappa shape index (κ3) is 3.37. The Kier molecular flexibility index (Phi) is 5.49. The van der Waals surface area contributed by atoms with Crippen LogP contribution in [0, 0.1) is 10.8 Å². The SMILES string of the molecule is CCOC1CC(NCC(C)(C)CCCO)C12CCCC2. The van der Waals surface area contributed by atoms with Gasteiger partial charge in [0.15, 0.2) is 0 Å². The average molecular weight is 283 g/mol. The standard InChI is InChI=1S/C17H33NO2/c1-4-20-15-12-14(17(15)9-5-6-10-17)18-13-16(2,3)8-7-11-19/h14-15,18-19H,4-13H2,1-3H3. The third-order valence-corrected chi connectivity index (χ3v) is 5.53. The van der Waals surface area contributed by atoms with Gasteiger partial charge in [-0.3, -0.25) is 0 Å². The lowest BCUT2D eigenvalue weighted by molar-refractivity contribution is -0.131. The van der Waals surface area contributed by atoms with Crippen molar-refractivity contribution < 1.29 is 9.84 Å². The zero-order valence-corrected chi connectivity index (χ0v) is 13.6. The summed E-state index contributed by atoms with van der Waals surface area (Å²) in [6, 6.07) is 0.648. The van der Waals surface area contributed by atoms with Gasteiger partial charge in [0.25, 0.3) is 0 Å². The van der Waals surface area contributed by atoms with Crippen molar-refractivity contribution in [2.45, 2.75) is 77.9 Å². The number of hydrogen-bond donors (Lipinski definition) is 2. The predicted octanol–water partition coefficient (Wildman–Crippen LogP) is 3.11. The largest absolute Gasteiger partial charge is 0.396 e. The van der Waals surface area contributed by atoms with E-state index in [4.69, 9.17) is 9.84 Å². The van der Waals surface area contributed by atoms with E-state index in [1.54, 1.807) is 0 Å². The van der Waals surface area contributed by atoms with Gasteiger partial charge in [0.05, 0.1) is 6.10 Å². The first-order chi connectivity index (χ1) is 9.54. The molecule has 2 atom stereocenters. The second-order valence-electron chi connectivity index (χ2n) is 7.54. The topological polar surface area (TPSA) is 41.5 Å². The lowest BCUT2D eigenvalue weighted by Gasteiger charge is -2.55. The summed E-state index contributed by atoms with van der Waals surface area (Å²) >= 11 is 0. The molecule has 2 N–H and O–H groups in total. The Balaban J connectivity index is 1.84. The van der Waals surface area contributed by atoms with Crippen molar-refractivity contribution >= 4 is 0 Å². The summed E-state index contributed by atoms with van der Waals surface area (Å²) in [6.07, 6.45) is 9.10. The Morgan fingerprint density at radius 3 is 2.60 bits per heavy atom. The van der Waals surface area contributed by atoms with Crippen LogP contribution in [0.3, 0.4) is 0 Å². The van der Waals surface area contributed by atoms with E-state index in [1.807, 2.05) is 0 Å². The second kappa shape index (κ2) is 6.76. The van der Waals surface area contributed by atoms with E-state index < -0.39 is 0 Å². The lowest BCUT2D eigenvalue weighted by atomic mass is 9.60. The fraction of sp³-hybridized carbons (Fsp3) is 1.00. The van der Waals surface area contributed by atoms with Crippen LogP contribution >= 0.6 is 0 Å². The number of aliphatic hydroxyl groups excluding tert-OH is 1. The van der Waals surface area contributed by atoms with Crippen LogP contribution in [0.5, 0.6) is 0 Å². The molecule has 0 saturated heterocycles. The molecule has 2 aliphatic rings. The van der Waals surface area contributed by atoms with E-state index in [2.05, 4.69) is 26.1 Å². The molecular weight excluding hydrogens is 250 g/mol. The van der Waals surface area contributed by atoms with Crippen molar-refractivity contribution in [3.8, 4) is 0 Å². The van der Waals surface area contributed by atoms with Gasteiger partial charge in [0.2, 0.25) is 0 Å². The van der Waals surface area contributed by atoms with E-state index in [1.165, 1.54) is 32.1 Å². The molecule has 0 amide bonds. The summed E-state index contributed by atoms with van der Waals surface area (Å²) in [4.78, 5) is 0. The maximum Gasteiger partial charge on any atom is 0.0661 e. The number of aliphatic hydroxyl groups is 1. The predicted molar refractivity (Wildman–Crippen MR) is 82.8 cm³/mol. The molecule has 0 radical (unpaired) electrons. The van der Waals surface area contributed by atoms with Crippen LogP contribution in [-0.2, 0) is 4.74 Å². The second-order valence-corrected chi connectivity index (χ2v) is 7.54. The van der Waals surface area contributed by atoms with Gasteiger partial charge in [0.1, 0.15) is 0 Å². The van der Waals surface area contributed by atoms with Crippen molar-refractivity contribution in [3.63, 3.8) is 0 Å². The van der Waals surface area contributed by atoms with E-state index in [0.717, 1.165) is 26.0 Å². The first-order valence-electron chi connectivity index (χ1n) is 8.50. The highest BCUT2D eigenvalue weighted by molar-refractivity contribution is 5.10. The fourth-order valence-electron chi connectivity index (χ4n) is 4.22. The molecule has 2 fully saturated rings. The summed E-state index contributed by atoms with van der Waals surface area (Å²) in [5, 5.41) is 12.8. The monoisotopic (exact) mass is 283 g/mol. The minimum Gasteiger partial charge on any atom is -0.396 e. The van der Waals surface area contributed by atoms with Gasteiger partial charge in [0, 0.05) is 31.2 Å². The molecule has 0 aliphatic heterocycles.